The molecule has 0 spiro atoms. The summed E-state index contributed by atoms with van der Waals surface area (Å²) in [5, 5.41) is 17.8. The minimum atomic E-state index is -0.227. The Morgan fingerprint density at radius 3 is 2.20 bits per heavy atom. The quantitative estimate of drug-likeness (QED) is 0.770. The fraction of sp³-hybridized carbons (Fsp3) is 0.500. The lowest BCUT2D eigenvalue weighted by Gasteiger charge is -2.22. The molecule has 84 valence electrons. The average molecular weight is 210 g/mol. The first-order valence-electron chi connectivity index (χ1n) is 5.05. The molecule has 0 aliphatic carbocycles. The molecule has 1 rings (SSSR count). The van der Waals surface area contributed by atoms with Crippen LogP contribution in [0, 0.1) is 0 Å². The zero-order valence-electron chi connectivity index (χ0n) is 9.23. The van der Waals surface area contributed by atoms with E-state index in [9.17, 15) is 5.11 Å². The van der Waals surface area contributed by atoms with Crippen molar-refractivity contribution in [1.29, 1.82) is 0 Å². The smallest absolute Gasteiger partial charge is 0.119 e. The highest BCUT2D eigenvalue weighted by atomic mass is 16.5. The molecule has 15 heavy (non-hydrogen) atoms. The second-order valence-electron chi connectivity index (χ2n) is 4.14. The van der Waals surface area contributed by atoms with Crippen LogP contribution >= 0.6 is 0 Å². The molecule has 0 saturated heterocycles. The van der Waals surface area contributed by atoms with Crippen molar-refractivity contribution in [2.24, 2.45) is 0 Å². The van der Waals surface area contributed by atoms with Gasteiger partial charge in [0.2, 0.25) is 0 Å². The van der Waals surface area contributed by atoms with Crippen molar-refractivity contribution < 1.29 is 14.9 Å². The van der Waals surface area contributed by atoms with Crippen molar-refractivity contribution in [1.82, 2.24) is 0 Å². The summed E-state index contributed by atoms with van der Waals surface area (Å²) in [5.41, 5.74) is 0.844. The van der Waals surface area contributed by atoms with Crippen LogP contribution in [0.1, 0.15) is 19.4 Å². The van der Waals surface area contributed by atoms with E-state index in [1.54, 1.807) is 0 Å². The van der Waals surface area contributed by atoms with Gasteiger partial charge < -0.3 is 14.9 Å². The van der Waals surface area contributed by atoms with Gasteiger partial charge in [-0.25, -0.2) is 0 Å². The van der Waals surface area contributed by atoms with E-state index in [-0.39, 0.29) is 18.6 Å². The topological polar surface area (TPSA) is 49.7 Å². The summed E-state index contributed by atoms with van der Waals surface area (Å²) >= 11 is 0. The third-order valence-electron chi connectivity index (χ3n) is 2.39. The molecule has 0 unspecified atom stereocenters. The molecule has 0 heterocycles. The molecule has 0 bridgehead atoms. The Labute approximate surface area is 90.3 Å². The minimum Gasteiger partial charge on any atom is -0.491 e. The zero-order chi connectivity index (χ0) is 11.3. The van der Waals surface area contributed by atoms with Crippen molar-refractivity contribution in [2.45, 2.75) is 19.3 Å². The van der Waals surface area contributed by atoms with Gasteiger partial charge in [-0.15, -0.1) is 0 Å². The van der Waals surface area contributed by atoms with E-state index >= 15 is 0 Å². The molecule has 1 aromatic carbocycles. The fourth-order valence-corrected chi connectivity index (χ4v) is 1.26. The van der Waals surface area contributed by atoms with Crippen LogP contribution in [0.2, 0.25) is 0 Å². The maximum Gasteiger partial charge on any atom is 0.119 e. The lowest BCUT2D eigenvalue weighted by molar-refractivity contribution is 0.201. The molecular formula is C12H18O3. The number of aliphatic hydroxyl groups excluding tert-OH is 2. The van der Waals surface area contributed by atoms with Crippen LogP contribution in [0.3, 0.4) is 0 Å². The van der Waals surface area contributed by atoms with Gasteiger partial charge in [0.05, 0.1) is 13.2 Å². The molecule has 0 atom stereocenters. The molecule has 1 aromatic rings. The van der Waals surface area contributed by atoms with E-state index in [1.165, 1.54) is 0 Å². The summed E-state index contributed by atoms with van der Waals surface area (Å²) in [6.07, 6.45) is 0. The highest BCUT2D eigenvalue weighted by molar-refractivity contribution is 5.31. The van der Waals surface area contributed by atoms with Crippen LogP contribution in [-0.2, 0) is 5.41 Å². The average Bonchev–Trinajstić information content (AvgIpc) is 2.27. The highest BCUT2D eigenvalue weighted by Crippen LogP contribution is 2.24. The summed E-state index contributed by atoms with van der Waals surface area (Å²) < 4.78 is 5.24. The summed E-state index contributed by atoms with van der Waals surface area (Å²) in [4.78, 5) is 0. The van der Waals surface area contributed by atoms with Gasteiger partial charge in [0, 0.05) is 5.41 Å². The first-order valence-corrected chi connectivity index (χ1v) is 5.05. The van der Waals surface area contributed by atoms with Gasteiger partial charge in [-0.3, -0.25) is 0 Å². The van der Waals surface area contributed by atoms with Crippen LogP contribution in [0.5, 0.6) is 5.75 Å². The highest BCUT2D eigenvalue weighted by Gasteiger charge is 2.18. The second-order valence-corrected chi connectivity index (χ2v) is 4.14. The Morgan fingerprint density at radius 2 is 1.73 bits per heavy atom. The Kier molecular flexibility index (Phi) is 4.12. The van der Waals surface area contributed by atoms with Crippen LogP contribution < -0.4 is 4.74 Å². The SMILES string of the molecule is CC(C)(CO)c1ccc(OCCO)cc1. The number of hydrogen-bond donors (Lipinski definition) is 2. The summed E-state index contributed by atoms with van der Waals surface area (Å²) in [6.45, 7) is 4.41. The molecule has 0 fully saturated rings. The maximum atomic E-state index is 9.19. The zero-order valence-corrected chi connectivity index (χ0v) is 9.23. The van der Waals surface area contributed by atoms with E-state index in [0.29, 0.717) is 6.61 Å². The van der Waals surface area contributed by atoms with Gasteiger partial charge in [-0.2, -0.15) is 0 Å². The van der Waals surface area contributed by atoms with Crippen molar-refractivity contribution in [2.75, 3.05) is 19.8 Å². The molecule has 0 amide bonds. The third kappa shape index (κ3) is 3.22. The lowest BCUT2D eigenvalue weighted by Crippen LogP contribution is -2.21. The van der Waals surface area contributed by atoms with Crippen molar-refractivity contribution >= 4 is 0 Å². The monoisotopic (exact) mass is 210 g/mol. The Hall–Kier alpha value is -1.06. The molecular weight excluding hydrogens is 192 g/mol. The fourth-order valence-electron chi connectivity index (χ4n) is 1.26. The predicted molar refractivity (Wildman–Crippen MR) is 59.1 cm³/mol. The van der Waals surface area contributed by atoms with E-state index in [4.69, 9.17) is 9.84 Å². The van der Waals surface area contributed by atoms with Crippen molar-refractivity contribution in [3.05, 3.63) is 29.8 Å². The van der Waals surface area contributed by atoms with Gasteiger partial charge in [-0.05, 0) is 17.7 Å². The van der Waals surface area contributed by atoms with Gasteiger partial charge in [-0.1, -0.05) is 26.0 Å². The van der Waals surface area contributed by atoms with Gasteiger partial charge >= 0.3 is 0 Å². The predicted octanol–water partition coefficient (Wildman–Crippen LogP) is 1.33. The normalized spacial score (nSPS) is 11.5. The lowest BCUT2D eigenvalue weighted by atomic mass is 9.86. The molecule has 0 aliphatic heterocycles. The molecule has 0 saturated carbocycles. The number of ether oxygens (including phenoxy) is 1. The summed E-state index contributed by atoms with van der Waals surface area (Å²) in [5.74, 6) is 0.738. The van der Waals surface area contributed by atoms with Crippen LogP contribution in [0.25, 0.3) is 0 Å². The second kappa shape index (κ2) is 5.14. The number of rotatable bonds is 5. The Bertz CT molecular complexity index is 290. The maximum absolute atomic E-state index is 9.19. The standard InChI is InChI=1S/C12H18O3/c1-12(2,9-14)10-3-5-11(6-4-10)15-8-7-13/h3-6,13-14H,7-9H2,1-2H3. The largest absolute Gasteiger partial charge is 0.491 e. The Balaban J connectivity index is 2.72. The summed E-state index contributed by atoms with van der Waals surface area (Å²) in [6, 6.07) is 7.57. The number of hydrogen-bond acceptors (Lipinski definition) is 3. The first-order chi connectivity index (χ1) is 7.10. The molecule has 3 heteroatoms. The minimum absolute atomic E-state index is 0.0177. The van der Waals surface area contributed by atoms with Gasteiger partial charge in [0.25, 0.3) is 0 Å². The number of benzene rings is 1. The molecule has 3 nitrogen and oxygen atoms in total. The number of aliphatic hydroxyl groups is 2. The van der Waals surface area contributed by atoms with E-state index in [1.807, 2.05) is 38.1 Å². The van der Waals surface area contributed by atoms with Crippen molar-refractivity contribution in [3.8, 4) is 5.75 Å². The Morgan fingerprint density at radius 1 is 1.13 bits per heavy atom. The van der Waals surface area contributed by atoms with E-state index < -0.39 is 0 Å². The van der Waals surface area contributed by atoms with Crippen LogP contribution in [-0.4, -0.2) is 30.0 Å². The molecule has 2 N–H and O–H groups in total. The van der Waals surface area contributed by atoms with E-state index in [0.717, 1.165) is 11.3 Å². The molecule has 0 aliphatic rings. The van der Waals surface area contributed by atoms with Gasteiger partial charge in [0.1, 0.15) is 12.4 Å². The first kappa shape index (κ1) is 12.0. The van der Waals surface area contributed by atoms with Gasteiger partial charge in [0.15, 0.2) is 0 Å². The van der Waals surface area contributed by atoms with Crippen LogP contribution in [0.4, 0.5) is 0 Å². The third-order valence-corrected chi connectivity index (χ3v) is 2.39. The van der Waals surface area contributed by atoms with Crippen LogP contribution in [0.15, 0.2) is 24.3 Å². The van der Waals surface area contributed by atoms with Crippen molar-refractivity contribution in [3.63, 3.8) is 0 Å². The summed E-state index contributed by atoms with van der Waals surface area (Å²) in [7, 11) is 0. The molecule has 0 aromatic heterocycles. The molecule has 0 radical (unpaired) electrons. The van der Waals surface area contributed by atoms with E-state index in [2.05, 4.69) is 0 Å².